The van der Waals surface area contributed by atoms with E-state index in [9.17, 15) is 0 Å². The molecule has 0 amide bonds. The minimum atomic E-state index is 0.530. The van der Waals surface area contributed by atoms with Gasteiger partial charge in [-0.1, -0.05) is 56.2 Å². The van der Waals surface area contributed by atoms with Crippen LogP contribution in [0, 0.1) is 0 Å². The summed E-state index contributed by atoms with van der Waals surface area (Å²) in [6.45, 7) is 11.2. The molecular formula is C12H12I3-. The van der Waals surface area contributed by atoms with Crippen LogP contribution in [0.15, 0.2) is 37.9 Å². The van der Waals surface area contributed by atoms with Gasteiger partial charge in [-0.2, -0.15) is 0 Å². The van der Waals surface area contributed by atoms with Crippen LogP contribution in [-0.4, -0.2) is 0 Å². The van der Waals surface area contributed by atoms with E-state index in [-0.39, 0.29) is 0 Å². The van der Waals surface area contributed by atoms with Crippen molar-refractivity contribution in [3.8, 4) is 0 Å². The van der Waals surface area contributed by atoms with Gasteiger partial charge in [-0.05, 0) is 16.7 Å². The molecule has 1 rings (SSSR count). The summed E-state index contributed by atoms with van der Waals surface area (Å²) in [6, 6.07) is 6.01. The Bertz CT molecular complexity index is 316. The van der Waals surface area contributed by atoms with E-state index in [4.69, 9.17) is 0 Å². The Morgan fingerprint density at radius 2 is 1.33 bits per heavy atom. The fraction of sp³-hybridized carbons (Fsp3) is 0. The van der Waals surface area contributed by atoms with Crippen LogP contribution in [0.4, 0.5) is 0 Å². The third-order valence-corrected chi connectivity index (χ3v) is 1.82. The molecule has 0 fully saturated rings. The van der Waals surface area contributed by atoms with Crippen molar-refractivity contribution < 1.29 is 13.3 Å². The first-order chi connectivity index (χ1) is 7.24. The van der Waals surface area contributed by atoms with Gasteiger partial charge in [0.05, 0.1) is 0 Å². The summed E-state index contributed by atoms with van der Waals surface area (Å²) in [5.74, 6) is 0. The maximum atomic E-state index is 3.75. The molecule has 0 saturated heterocycles. The standard InChI is InChI=1S/C12H12.I3/c1-4-10-8-7-9-11(5-2)12(10)6-3;1-3-2/h4-9H,1-3H2;/q;-1. The first-order valence-electron chi connectivity index (χ1n) is 4.12. The Labute approximate surface area is 122 Å². The Morgan fingerprint density at radius 3 is 1.60 bits per heavy atom. The number of halogens is 3. The van der Waals surface area contributed by atoms with Crippen molar-refractivity contribution in [2.75, 3.05) is 0 Å². The van der Waals surface area contributed by atoms with Gasteiger partial charge in [0.25, 0.3) is 0 Å². The summed E-state index contributed by atoms with van der Waals surface area (Å²) in [6.07, 6.45) is 5.47. The molecule has 0 nitrogen and oxygen atoms in total. The second kappa shape index (κ2) is 9.83. The van der Waals surface area contributed by atoms with Crippen LogP contribution >= 0.6 is 37.2 Å². The quantitative estimate of drug-likeness (QED) is 0.521. The molecule has 0 spiro atoms. The Kier molecular flexibility index (Phi) is 10.2. The fourth-order valence-corrected chi connectivity index (χ4v) is 1.19. The Morgan fingerprint density at radius 1 is 0.933 bits per heavy atom. The van der Waals surface area contributed by atoms with Crippen molar-refractivity contribution in [1.82, 2.24) is 0 Å². The summed E-state index contributed by atoms with van der Waals surface area (Å²) in [5, 5.41) is 0. The van der Waals surface area contributed by atoms with E-state index in [2.05, 4.69) is 57.0 Å². The molecule has 1 aromatic rings. The molecule has 0 aliphatic carbocycles. The van der Waals surface area contributed by atoms with Crippen LogP contribution in [0.5, 0.6) is 0 Å². The monoisotopic (exact) mass is 537 g/mol. The SMILES string of the molecule is C=Cc1cccc(C=C)c1C=C.I[I-]I. The van der Waals surface area contributed by atoms with E-state index in [1.807, 2.05) is 36.4 Å². The molecule has 0 radical (unpaired) electrons. The molecule has 0 saturated carbocycles. The Balaban J connectivity index is 0.000000583. The number of benzene rings is 1. The second-order valence-corrected chi connectivity index (χ2v) is 18.8. The summed E-state index contributed by atoms with van der Waals surface area (Å²) >= 11 is 5.30. The van der Waals surface area contributed by atoms with Gasteiger partial charge in [-0.25, -0.2) is 0 Å². The topological polar surface area (TPSA) is 0 Å². The normalized spacial score (nSPS) is 8.67. The molecule has 0 aliphatic heterocycles. The predicted octanol–water partition coefficient (Wildman–Crippen LogP) is 2.39. The van der Waals surface area contributed by atoms with Gasteiger partial charge in [0.1, 0.15) is 0 Å². The molecular weight excluding hydrogens is 525 g/mol. The molecule has 3 heteroatoms. The van der Waals surface area contributed by atoms with Crippen LogP contribution < -0.4 is 13.3 Å². The first kappa shape index (κ1) is 15.6. The van der Waals surface area contributed by atoms with Crippen molar-refractivity contribution in [2.24, 2.45) is 0 Å². The molecule has 0 bridgehead atoms. The second-order valence-electron chi connectivity index (χ2n) is 2.52. The van der Waals surface area contributed by atoms with Crippen LogP contribution in [0.25, 0.3) is 18.2 Å². The van der Waals surface area contributed by atoms with E-state index in [1.54, 1.807) is 0 Å². The van der Waals surface area contributed by atoms with Crippen molar-refractivity contribution in [3.05, 3.63) is 54.6 Å². The van der Waals surface area contributed by atoms with Gasteiger partial charge in [-0.15, -0.1) is 0 Å². The molecule has 0 aromatic heterocycles. The molecule has 0 N–H and O–H groups in total. The summed E-state index contributed by atoms with van der Waals surface area (Å²) in [4.78, 5) is 0. The third-order valence-electron chi connectivity index (χ3n) is 1.82. The third kappa shape index (κ3) is 5.48. The molecule has 0 heterocycles. The summed E-state index contributed by atoms with van der Waals surface area (Å²) < 4.78 is 0. The summed E-state index contributed by atoms with van der Waals surface area (Å²) in [7, 11) is 0. The van der Waals surface area contributed by atoms with E-state index in [1.165, 1.54) is 0 Å². The van der Waals surface area contributed by atoms with Crippen LogP contribution in [-0.2, 0) is 0 Å². The van der Waals surface area contributed by atoms with Gasteiger partial charge < -0.3 is 0 Å². The molecule has 1 aromatic carbocycles. The zero-order valence-corrected chi connectivity index (χ0v) is 14.7. The van der Waals surface area contributed by atoms with E-state index >= 15 is 0 Å². The molecule has 0 aliphatic rings. The zero-order valence-electron chi connectivity index (χ0n) is 8.22. The average Bonchev–Trinajstić information content (AvgIpc) is 2.28. The molecule has 15 heavy (non-hydrogen) atoms. The maximum absolute atomic E-state index is 3.75. The van der Waals surface area contributed by atoms with Crippen LogP contribution in [0.2, 0.25) is 0 Å². The van der Waals surface area contributed by atoms with Gasteiger partial charge in [0.15, 0.2) is 0 Å². The van der Waals surface area contributed by atoms with E-state index in [0.717, 1.165) is 16.7 Å². The molecule has 0 atom stereocenters. The van der Waals surface area contributed by atoms with Gasteiger partial charge >= 0.3 is 50.5 Å². The minimum absolute atomic E-state index is 0.530. The van der Waals surface area contributed by atoms with Crippen molar-refractivity contribution >= 4 is 55.5 Å². The Hall–Kier alpha value is 0.630. The first-order valence-corrected chi connectivity index (χ1v) is 16.7. The van der Waals surface area contributed by atoms with Crippen molar-refractivity contribution in [1.29, 1.82) is 0 Å². The fourth-order valence-electron chi connectivity index (χ4n) is 1.19. The summed E-state index contributed by atoms with van der Waals surface area (Å²) in [5.41, 5.74) is 3.30. The average molecular weight is 537 g/mol. The van der Waals surface area contributed by atoms with Gasteiger partial charge in [-0.3, -0.25) is 0 Å². The van der Waals surface area contributed by atoms with Crippen LogP contribution in [0.3, 0.4) is 0 Å². The molecule has 0 unspecified atom stereocenters. The molecule has 82 valence electrons. The zero-order chi connectivity index (χ0) is 11.7. The van der Waals surface area contributed by atoms with E-state index < -0.39 is 0 Å². The predicted molar refractivity (Wildman–Crippen MR) is 84.8 cm³/mol. The van der Waals surface area contributed by atoms with Crippen molar-refractivity contribution in [2.45, 2.75) is 0 Å². The van der Waals surface area contributed by atoms with Crippen LogP contribution in [0.1, 0.15) is 16.7 Å². The van der Waals surface area contributed by atoms with Crippen molar-refractivity contribution in [3.63, 3.8) is 0 Å². The van der Waals surface area contributed by atoms with E-state index in [0.29, 0.717) is 13.3 Å². The number of hydrogen-bond donors (Lipinski definition) is 0. The number of rotatable bonds is 3. The number of hydrogen-bond acceptors (Lipinski definition) is 0. The van der Waals surface area contributed by atoms with Gasteiger partial charge in [0, 0.05) is 0 Å². The van der Waals surface area contributed by atoms with Gasteiger partial charge in [0.2, 0.25) is 0 Å².